The Morgan fingerprint density at radius 1 is 1.10 bits per heavy atom. The van der Waals surface area contributed by atoms with Gasteiger partial charge in [0.1, 0.15) is 17.1 Å². The zero-order valence-electron chi connectivity index (χ0n) is 16.6. The number of hydrogen-bond donors (Lipinski definition) is 1. The lowest BCUT2D eigenvalue weighted by Crippen LogP contribution is -2.23. The number of rotatable bonds is 5. The number of methoxy groups -OCH3 is 1. The van der Waals surface area contributed by atoms with Crippen LogP contribution in [-0.2, 0) is 6.54 Å². The van der Waals surface area contributed by atoms with E-state index in [1.54, 1.807) is 13.3 Å². The van der Waals surface area contributed by atoms with E-state index in [0.29, 0.717) is 12.1 Å². The molecule has 2 heterocycles. The third-order valence-corrected chi connectivity index (χ3v) is 4.93. The van der Waals surface area contributed by atoms with Crippen molar-refractivity contribution in [2.45, 2.75) is 20.4 Å². The van der Waals surface area contributed by atoms with E-state index in [9.17, 15) is 4.79 Å². The minimum Gasteiger partial charge on any atom is -0.496 e. The zero-order chi connectivity index (χ0) is 20.4. The number of amides is 1. The molecule has 6 nitrogen and oxygen atoms in total. The van der Waals surface area contributed by atoms with Gasteiger partial charge in [-0.2, -0.15) is 0 Å². The van der Waals surface area contributed by atoms with Crippen molar-refractivity contribution in [3.8, 4) is 11.4 Å². The molecule has 0 atom stereocenters. The molecule has 0 spiro atoms. The molecule has 6 heteroatoms. The summed E-state index contributed by atoms with van der Waals surface area (Å²) in [4.78, 5) is 21.9. The van der Waals surface area contributed by atoms with E-state index in [2.05, 4.69) is 15.3 Å². The zero-order valence-corrected chi connectivity index (χ0v) is 16.6. The molecule has 0 radical (unpaired) electrons. The van der Waals surface area contributed by atoms with Crippen LogP contribution in [0.25, 0.3) is 16.9 Å². The summed E-state index contributed by atoms with van der Waals surface area (Å²) in [5, 5.41) is 2.97. The first-order valence-electron chi connectivity index (χ1n) is 9.39. The molecule has 146 valence electrons. The van der Waals surface area contributed by atoms with E-state index in [1.165, 1.54) is 0 Å². The quantitative estimate of drug-likeness (QED) is 0.563. The molecule has 1 N–H and O–H groups in total. The van der Waals surface area contributed by atoms with E-state index < -0.39 is 0 Å². The summed E-state index contributed by atoms with van der Waals surface area (Å²) in [6.45, 7) is 4.34. The molecule has 0 bridgehead atoms. The maximum absolute atomic E-state index is 12.8. The summed E-state index contributed by atoms with van der Waals surface area (Å²) in [6, 6.07) is 17.1. The van der Waals surface area contributed by atoms with Crippen LogP contribution in [0, 0.1) is 13.8 Å². The SMILES string of the molecule is COc1ccccc1CNC(=O)c1ccc(C)c(-n2c(C)nc3cccnc32)c1. The minimum atomic E-state index is -0.146. The van der Waals surface area contributed by atoms with Crippen molar-refractivity contribution in [2.75, 3.05) is 7.11 Å². The number of nitrogens with one attached hydrogen (secondary N) is 1. The number of carbonyl (C=O) groups excluding carboxylic acids is 1. The highest BCUT2D eigenvalue weighted by Crippen LogP contribution is 2.23. The fraction of sp³-hybridized carbons (Fsp3) is 0.174. The lowest BCUT2D eigenvalue weighted by atomic mass is 10.1. The Balaban J connectivity index is 1.64. The monoisotopic (exact) mass is 386 g/mol. The number of fused-ring (bicyclic) bond motifs is 1. The summed E-state index contributed by atoms with van der Waals surface area (Å²) in [5.41, 5.74) is 5.05. The summed E-state index contributed by atoms with van der Waals surface area (Å²) in [6.07, 6.45) is 1.75. The third-order valence-electron chi connectivity index (χ3n) is 4.93. The maximum atomic E-state index is 12.8. The fourth-order valence-corrected chi connectivity index (χ4v) is 3.43. The summed E-state index contributed by atoms with van der Waals surface area (Å²) in [7, 11) is 1.62. The van der Waals surface area contributed by atoms with Gasteiger partial charge in [0.2, 0.25) is 0 Å². The second-order valence-corrected chi connectivity index (χ2v) is 6.84. The lowest BCUT2D eigenvalue weighted by molar-refractivity contribution is 0.0950. The number of aromatic nitrogens is 3. The van der Waals surface area contributed by atoms with Crippen molar-refractivity contribution in [2.24, 2.45) is 0 Å². The maximum Gasteiger partial charge on any atom is 0.251 e. The molecule has 0 saturated carbocycles. The second kappa shape index (κ2) is 7.75. The number of para-hydroxylation sites is 1. The highest BCUT2D eigenvalue weighted by atomic mass is 16.5. The largest absolute Gasteiger partial charge is 0.496 e. The number of aryl methyl sites for hydroxylation is 2. The molecule has 1 amide bonds. The van der Waals surface area contributed by atoms with Gasteiger partial charge in [0, 0.05) is 23.9 Å². The van der Waals surface area contributed by atoms with Gasteiger partial charge in [-0.3, -0.25) is 9.36 Å². The van der Waals surface area contributed by atoms with Crippen LogP contribution in [0.4, 0.5) is 0 Å². The molecule has 0 fully saturated rings. The van der Waals surface area contributed by atoms with Gasteiger partial charge in [0.15, 0.2) is 5.65 Å². The van der Waals surface area contributed by atoms with Gasteiger partial charge >= 0.3 is 0 Å². The smallest absolute Gasteiger partial charge is 0.251 e. The van der Waals surface area contributed by atoms with Crippen LogP contribution >= 0.6 is 0 Å². The average molecular weight is 386 g/mol. The van der Waals surface area contributed by atoms with Crippen LogP contribution in [-0.4, -0.2) is 27.6 Å². The van der Waals surface area contributed by atoms with Crippen LogP contribution in [0.2, 0.25) is 0 Å². The molecule has 0 aliphatic carbocycles. The first-order chi connectivity index (χ1) is 14.1. The predicted molar refractivity (Wildman–Crippen MR) is 113 cm³/mol. The van der Waals surface area contributed by atoms with Gasteiger partial charge in [0.05, 0.1) is 12.8 Å². The lowest BCUT2D eigenvalue weighted by Gasteiger charge is -2.13. The number of nitrogens with zero attached hydrogens (tertiary/aromatic N) is 3. The molecular weight excluding hydrogens is 364 g/mol. The Morgan fingerprint density at radius 2 is 1.93 bits per heavy atom. The Morgan fingerprint density at radius 3 is 2.76 bits per heavy atom. The standard InChI is InChI=1S/C23H22N4O2/c1-15-10-11-17(23(28)25-14-18-7-4-5-9-21(18)29-3)13-20(15)27-16(2)26-19-8-6-12-24-22(19)27/h4-13H,14H2,1-3H3,(H,25,28). The van der Waals surface area contributed by atoms with Crippen LogP contribution < -0.4 is 10.1 Å². The highest BCUT2D eigenvalue weighted by Gasteiger charge is 2.15. The first kappa shape index (κ1) is 18.7. The number of hydrogen-bond acceptors (Lipinski definition) is 4. The van der Waals surface area contributed by atoms with E-state index in [-0.39, 0.29) is 5.91 Å². The molecule has 0 aliphatic heterocycles. The van der Waals surface area contributed by atoms with Crippen molar-refractivity contribution in [1.82, 2.24) is 19.9 Å². The van der Waals surface area contributed by atoms with Crippen molar-refractivity contribution < 1.29 is 9.53 Å². The van der Waals surface area contributed by atoms with Crippen LogP contribution in [0.5, 0.6) is 5.75 Å². The molecule has 4 aromatic rings. The molecule has 0 saturated heterocycles. The number of pyridine rings is 1. The van der Waals surface area contributed by atoms with E-state index in [4.69, 9.17) is 4.74 Å². The Hall–Kier alpha value is -3.67. The molecule has 29 heavy (non-hydrogen) atoms. The summed E-state index contributed by atoms with van der Waals surface area (Å²) >= 11 is 0. The molecule has 0 unspecified atom stereocenters. The highest BCUT2D eigenvalue weighted by molar-refractivity contribution is 5.95. The predicted octanol–water partition coefficient (Wildman–Crippen LogP) is 3.98. The van der Waals surface area contributed by atoms with E-state index >= 15 is 0 Å². The topological polar surface area (TPSA) is 69.0 Å². The Kier molecular flexibility index (Phi) is 4.99. The number of carbonyl (C=O) groups is 1. The van der Waals surface area contributed by atoms with E-state index in [1.807, 2.05) is 73.0 Å². The number of ether oxygens (including phenoxy) is 1. The van der Waals surface area contributed by atoms with Gasteiger partial charge < -0.3 is 10.1 Å². The number of benzene rings is 2. The normalized spacial score (nSPS) is 10.9. The molecule has 2 aromatic carbocycles. The summed E-state index contributed by atoms with van der Waals surface area (Å²) < 4.78 is 7.34. The summed E-state index contributed by atoms with van der Waals surface area (Å²) in [5.74, 6) is 1.43. The molecule has 4 rings (SSSR count). The molecule has 2 aromatic heterocycles. The second-order valence-electron chi connectivity index (χ2n) is 6.84. The Bertz CT molecular complexity index is 1200. The van der Waals surface area contributed by atoms with Crippen LogP contribution in [0.15, 0.2) is 60.8 Å². The number of imidazole rings is 1. The van der Waals surface area contributed by atoms with Crippen LogP contribution in [0.3, 0.4) is 0 Å². The third kappa shape index (κ3) is 3.57. The van der Waals surface area contributed by atoms with Crippen molar-refractivity contribution in [1.29, 1.82) is 0 Å². The average Bonchev–Trinajstić information content (AvgIpc) is 3.08. The molecular formula is C23H22N4O2. The van der Waals surface area contributed by atoms with Crippen LogP contribution in [0.1, 0.15) is 27.3 Å². The fourth-order valence-electron chi connectivity index (χ4n) is 3.43. The van der Waals surface area contributed by atoms with Gasteiger partial charge in [-0.05, 0) is 49.7 Å². The van der Waals surface area contributed by atoms with E-state index in [0.717, 1.165) is 39.6 Å². The van der Waals surface area contributed by atoms with Gasteiger partial charge in [-0.1, -0.05) is 24.3 Å². The Labute approximate surface area is 169 Å². The van der Waals surface area contributed by atoms with Crippen molar-refractivity contribution in [3.63, 3.8) is 0 Å². The minimum absolute atomic E-state index is 0.146. The molecule has 0 aliphatic rings. The van der Waals surface area contributed by atoms with Crippen molar-refractivity contribution >= 4 is 17.1 Å². The van der Waals surface area contributed by atoms with Gasteiger partial charge in [-0.15, -0.1) is 0 Å². The van der Waals surface area contributed by atoms with Gasteiger partial charge in [-0.25, -0.2) is 9.97 Å². The van der Waals surface area contributed by atoms with Crippen molar-refractivity contribution in [3.05, 3.63) is 83.3 Å². The van der Waals surface area contributed by atoms with Gasteiger partial charge in [0.25, 0.3) is 5.91 Å². The first-order valence-corrected chi connectivity index (χ1v) is 9.39.